The molecule has 0 aliphatic heterocycles. The maximum Gasteiger partial charge on any atom is 1.00 e. The zero-order valence-electron chi connectivity index (χ0n) is 9.76. The standard InChI is InChI=1S/C7H5Br2OP.C4H9.Li/c8-4-2-1-3-5(9)6(4)7(10)11;1-4(2)3;/h1-3H,11H2;4H,1H2,2-3H3;/q;-1;+1. The Morgan fingerprint density at radius 1 is 1.31 bits per heavy atom. The van der Waals surface area contributed by atoms with Crippen molar-refractivity contribution in [3.05, 3.63) is 39.6 Å². The summed E-state index contributed by atoms with van der Waals surface area (Å²) in [4.78, 5) is 11.0. The first-order valence-corrected chi connectivity index (χ1v) is 6.59. The number of benzene rings is 1. The first-order valence-electron chi connectivity index (χ1n) is 4.43. The number of carbonyl (C=O) groups excluding carboxylic acids is 1. The smallest absolute Gasteiger partial charge is 0.341 e. The molecule has 16 heavy (non-hydrogen) atoms. The van der Waals surface area contributed by atoms with E-state index in [9.17, 15) is 4.79 Å². The minimum atomic E-state index is -0.0237. The molecule has 0 bridgehead atoms. The monoisotopic (exact) mass is 358 g/mol. The normalized spacial score (nSPS) is 8.94. The van der Waals surface area contributed by atoms with E-state index in [1.54, 1.807) is 0 Å². The van der Waals surface area contributed by atoms with Crippen LogP contribution in [-0.2, 0) is 0 Å². The molecule has 1 atom stereocenters. The Balaban J connectivity index is 0. The van der Waals surface area contributed by atoms with E-state index in [4.69, 9.17) is 0 Å². The topological polar surface area (TPSA) is 17.1 Å². The van der Waals surface area contributed by atoms with Gasteiger partial charge in [0.2, 0.25) is 0 Å². The first-order chi connectivity index (χ1) is 6.86. The Labute approximate surface area is 129 Å². The molecule has 0 fully saturated rings. The van der Waals surface area contributed by atoms with Crippen LogP contribution in [0.4, 0.5) is 0 Å². The van der Waals surface area contributed by atoms with Crippen molar-refractivity contribution in [2.75, 3.05) is 0 Å². The molecular weight excluding hydrogens is 346 g/mol. The molecule has 0 aliphatic carbocycles. The van der Waals surface area contributed by atoms with Crippen molar-refractivity contribution >= 4 is 46.6 Å². The molecule has 84 valence electrons. The summed E-state index contributed by atoms with van der Waals surface area (Å²) in [5, 5.41) is 0. The summed E-state index contributed by atoms with van der Waals surface area (Å²) in [6.45, 7) is 7.75. The van der Waals surface area contributed by atoms with Crippen molar-refractivity contribution < 1.29 is 23.7 Å². The summed E-state index contributed by atoms with van der Waals surface area (Å²) in [6, 6.07) is 5.54. The average Bonchev–Trinajstić information content (AvgIpc) is 2.01. The maximum atomic E-state index is 11.0. The molecule has 0 amide bonds. The molecule has 0 aliphatic rings. The SMILES string of the molecule is O=C(P)c1c(Br)cccc1Br.[CH2-]C(C)C.[Li+]. The molecule has 5 heteroatoms. The molecule has 1 unspecified atom stereocenters. The van der Waals surface area contributed by atoms with E-state index in [1.807, 2.05) is 18.2 Å². The van der Waals surface area contributed by atoms with Crippen molar-refractivity contribution in [2.45, 2.75) is 13.8 Å². The number of rotatable bonds is 1. The second-order valence-corrected chi connectivity index (χ2v) is 5.59. The largest absolute Gasteiger partial charge is 1.00 e. The molecule has 0 N–H and O–H groups in total. The Hall–Kier alpha value is 0.877. The summed E-state index contributed by atoms with van der Waals surface area (Å²) < 4.78 is 1.62. The van der Waals surface area contributed by atoms with Gasteiger partial charge in [0.15, 0.2) is 5.52 Å². The molecule has 1 rings (SSSR count). The zero-order valence-corrected chi connectivity index (χ0v) is 14.1. The van der Waals surface area contributed by atoms with Crippen molar-refractivity contribution in [3.8, 4) is 0 Å². The summed E-state index contributed by atoms with van der Waals surface area (Å²) in [5.41, 5.74) is 0.641. The molecule has 0 saturated heterocycles. The molecule has 0 aromatic heterocycles. The van der Waals surface area contributed by atoms with Gasteiger partial charge in [-0.3, -0.25) is 4.79 Å². The fourth-order valence-electron chi connectivity index (χ4n) is 0.733. The van der Waals surface area contributed by atoms with E-state index in [2.05, 4.69) is 61.9 Å². The Morgan fingerprint density at radius 3 is 1.81 bits per heavy atom. The number of hydrogen-bond acceptors (Lipinski definition) is 1. The number of hydrogen-bond donors (Lipinski definition) is 0. The summed E-state index contributed by atoms with van der Waals surface area (Å²) in [6.07, 6.45) is 0. The predicted molar refractivity (Wildman–Crippen MR) is 76.1 cm³/mol. The van der Waals surface area contributed by atoms with Crippen molar-refractivity contribution in [1.29, 1.82) is 0 Å². The third-order valence-corrected chi connectivity index (χ3v) is 2.82. The summed E-state index contributed by atoms with van der Waals surface area (Å²) in [7, 11) is 2.14. The van der Waals surface area contributed by atoms with E-state index >= 15 is 0 Å². The van der Waals surface area contributed by atoms with E-state index in [1.165, 1.54) is 0 Å². The van der Waals surface area contributed by atoms with Crippen LogP contribution in [0.3, 0.4) is 0 Å². The first kappa shape index (κ1) is 19.2. The van der Waals surface area contributed by atoms with Crippen LogP contribution in [0.2, 0.25) is 0 Å². The van der Waals surface area contributed by atoms with Gasteiger partial charge in [-0.15, -0.1) is 0 Å². The average molecular weight is 360 g/mol. The molecule has 0 spiro atoms. The van der Waals surface area contributed by atoms with E-state index in [0.29, 0.717) is 11.5 Å². The van der Waals surface area contributed by atoms with Crippen LogP contribution >= 0.6 is 41.1 Å². The summed E-state index contributed by atoms with van der Waals surface area (Å²) in [5.74, 6) is 0.583. The second-order valence-electron chi connectivity index (χ2n) is 3.35. The van der Waals surface area contributed by atoms with Gasteiger partial charge in [-0.2, -0.15) is 5.92 Å². The Kier molecular flexibility index (Phi) is 11.8. The molecular formula is C11H14Br2LiOP. The fraction of sp³-hybridized carbons (Fsp3) is 0.273. The maximum absolute atomic E-state index is 11.0. The van der Waals surface area contributed by atoms with Gasteiger partial charge in [0.1, 0.15) is 0 Å². The molecule has 1 aromatic rings. The molecule has 0 radical (unpaired) electrons. The van der Waals surface area contributed by atoms with Gasteiger partial charge in [-0.25, -0.2) is 0 Å². The third-order valence-electron chi connectivity index (χ3n) is 1.21. The van der Waals surface area contributed by atoms with Crippen LogP contribution in [0.15, 0.2) is 27.1 Å². The minimum absolute atomic E-state index is 0. The molecule has 0 saturated carbocycles. The van der Waals surface area contributed by atoms with Gasteiger partial charge in [-0.1, -0.05) is 29.2 Å². The van der Waals surface area contributed by atoms with Crippen LogP contribution < -0.4 is 18.9 Å². The molecule has 0 heterocycles. The second kappa shape index (κ2) is 9.86. The van der Waals surface area contributed by atoms with Crippen LogP contribution in [0.25, 0.3) is 0 Å². The van der Waals surface area contributed by atoms with Gasteiger partial charge in [0.25, 0.3) is 0 Å². The Morgan fingerprint density at radius 2 is 1.62 bits per heavy atom. The van der Waals surface area contributed by atoms with Crippen LogP contribution in [0.5, 0.6) is 0 Å². The van der Waals surface area contributed by atoms with Crippen molar-refractivity contribution in [2.24, 2.45) is 5.92 Å². The predicted octanol–water partition coefficient (Wildman–Crippen LogP) is 1.71. The van der Waals surface area contributed by atoms with E-state index < -0.39 is 0 Å². The van der Waals surface area contributed by atoms with Gasteiger partial charge in [0, 0.05) is 14.5 Å². The van der Waals surface area contributed by atoms with Gasteiger partial charge >= 0.3 is 18.9 Å². The molecule has 1 aromatic carbocycles. The van der Waals surface area contributed by atoms with Crippen LogP contribution in [0.1, 0.15) is 24.2 Å². The van der Waals surface area contributed by atoms with Crippen molar-refractivity contribution in [1.82, 2.24) is 0 Å². The van der Waals surface area contributed by atoms with Gasteiger partial charge in [0.05, 0.1) is 0 Å². The zero-order chi connectivity index (χ0) is 12.0. The number of carbonyl (C=O) groups is 1. The summed E-state index contributed by atoms with van der Waals surface area (Å²) >= 11 is 6.57. The third kappa shape index (κ3) is 8.04. The quantitative estimate of drug-likeness (QED) is 0.424. The van der Waals surface area contributed by atoms with Crippen LogP contribution in [-0.4, -0.2) is 5.52 Å². The number of halogens is 2. The minimum Gasteiger partial charge on any atom is -0.341 e. The van der Waals surface area contributed by atoms with Crippen LogP contribution in [0, 0.1) is 12.8 Å². The Bertz CT molecular complexity index is 320. The van der Waals surface area contributed by atoms with E-state index in [-0.39, 0.29) is 24.4 Å². The molecule has 1 nitrogen and oxygen atoms in total. The van der Waals surface area contributed by atoms with E-state index in [0.717, 1.165) is 8.95 Å². The van der Waals surface area contributed by atoms with Crippen molar-refractivity contribution in [3.63, 3.8) is 0 Å². The van der Waals surface area contributed by atoms with Gasteiger partial charge < -0.3 is 6.92 Å². The fourth-order valence-corrected chi connectivity index (χ4v) is 2.86. The van der Waals surface area contributed by atoms with Gasteiger partial charge in [-0.05, 0) is 44.0 Å².